The fourth-order valence-electron chi connectivity index (χ4n) is 3.40. The summed E-state index contributed by atoms with van der Waals surface area (Å²) in [5.74, 6) is 0.681. The van der Waals surface area contributed by atoms with E-state index in [-0.39, 0.29) is 24.5 Å². The summed E-state index contributed by atoms with van der Waals surface area (Å²) in [7, 11) is 0. The molecule has 0 atom stereocenters. The number of hydrogen-bond acceptors (Lipinski definition) is 3. The van der Waals surface area contributed by atoms with Gasteiger partial charge < -0.3 is 15.0 Å². The highest BCUT2D eigenvalue weighted by molar-refractivity contribution is 5.94. The lowest BCUT2D eigenvalue weighted by Crippen LogP contribution is -2.47. The van der Waals surface area contributed by atoms with Gasteiger partial charge in [0.1, 0.15) is 5.75 Å². The fraction of sp³-hybridized carbons (Fsp3) is 0.391. The summed E-state index contributed by atoms with van der Waals surface area (Å²) in [5.41, 5.74) is 4.05. The molecule has 2 aromatic rings. The molecule has 1 heterocycles. The van der Waals surface area contributed by atoms with Crippen LogP contribution in [0, 0.1) is 20.8 Å². The predicted octanol–water partition coefficient (Wildman–Crippen LogP) is 3.41. The molecule has 0 spiro atoms. The van der Waals surface area contributed by atoms with E-state index in [1.54, 1.807) is 0 Å². The third-order valence-electron chi connectivity index (χ3n) is 5.36. The van der Waals surface area contributed by atoms with Crippen LogP contribution in [0.15, 0.2) is 42.5 Å². The van der Waals surface area contributed by atoms with Crippen LogP contribution in [0.3, 0.4) is 0 Å². The molecule has 1 N–H and O–H groups in total. The van der Waals surface area contributed by atoms with Crippen molar-refractivity contribution < 1.29 is 14.3 Å². The van der Waals surface area contributed by atoms with Crippen LogP contribution in [0.5, 0.6) is 5.75 Å². The summed E-state index contributed by atoms with van der Waals surface area (Å²) in [4.78, 5) is 26.7. The highest BCUT2D eigenvalue weighted by Crippen LogP contribution is 2.20. The lowest BCUT2D eigenvalue weighted by atomic mass is 10.0. The first-order valence-corrected chi connectivity index (χ1v) is 9.78. The average Bonchev–Trinajstić information content (AvgIpc) is 2.70. The molecule has 1 aliphatic heterocycles. The first-order valence-electron chi connectivity index (χ1n) is 9.78. The van der Waals surface area contributed by atoms with Gasteiger partial charge in [0, 0.05) is 24.7 Å². The molecule has 5 nitrogen and oxygen atoms in total. The summed E-state index contributed by atoms with van der Waals surface area (Å²) in [6.07, 6.45) is 1.51. The van der Waals surface area contributed by atoms with E-state index in [1.165, 1.54) is 0 Å². The topological polar surface area (TPSA) is 58.6 Å². The molecule has 0 aromatic heterocycles. The molecule has 148 valence electrons. The van der Waals surface area contributed by atoms with Crippen molar-refractivity contribution in [3.05, 3.63) is 64.7 Å². The van der Waals surface area contributed by atoms with Crippen molar-refractivity contribution in [1.82, 2.24) is 10.2 Å². The number of amides is 2. The third kappa shape index (κ3) is 4.91. The van der Waals surface area contributed by atoms with Crippen molar-refractivity contribution in [2.75, 3.05) is 19.7 Å². The van der Waals surface area contributed by atoms with E-state index in [0.29, 0.717) is 13.1 Å². The molecular formula is C23H28N2O3. The number of piperidine rings is 1. The van der Waals surface area contributed by atoms with Gasteiger partial charge in [-0.3, -0.25) is 9.59 Å². The number of carbonyl (C=O) groups excluding carboxylic acids is 2. The SMILES string of the molecule is Cc1ccc(C(=O)N2CCC(NC(=O)COc3cccc(C)c3C)CC2)cc1. The first kappa shape index (κ1) is 19.9. The molecule has 2 aromatic carbocycles. The minimum Gasteiger partial charge on any atom is -0.483 e. The van der Waals surface area contributed by atoms with E-state index < -0.39 is 0 Å². The van der Waals surface area contributed by atoms with Gasteiger partial charge in [0.2, 0.25) is 0 Å². The van der Waals surface area contributed by atoms with Gasteiger partial charge in [0.05, 0.1) is 0 Å². The van der Waals surface area contributed by atoms with Gasteiger partial charge in [0.25, 0.3) is 11.8 Å². The Labute approximate surface area is 166 Å². The number of nitrogens with one attached hydrogen (secondary N) is 1. The summed E-state index contributed by atoms with van der Waals surface area (Å²) < 4.78 is 5.67. The van der Waals surface area contributed by atoms with E-state index in [4.69, 9.17) is 4.74 Å². The van der Waals surface area contributed by atoms with Gasteiger partial charge in [-0.2, -0.15) is 0 Å². The van der Waals surface area contributed by atoms with Crippen LogP contribution in [-0.4, -0.2) is 42.5 Å². The second kappa shape index (κ2) is 8.91. The lowest BCUT2D eigenvalue weighted by Gasteiger charge is -2.32. The van der Waals surface area contributed by atoms with Crippen LogP contribution >= 0.6 is 0 Å². The molecule has 0 aliphatic carbocycles. The standard InChI is InChI=1S/C23H28N2O3/c1-16-7-9-19(10-8-16)23(27)25-13-11-20(12-14-25)24-22(26)15-28-21-6-4-5-17(2)18(21)3/h4-10,20H,11-15H2,1-3H3,(H,24,26). The number of nitrogens with zero attached hydrogens (tertiary/aromatic N) is 1. The molecule has 1 aliphatic rings. The fourth-order valence-corrected chi connectivity index (χ4v) is 3.40. The second-order valence-electron chi connectivity index (χ2n) is 7.49. The molecule has 3 rings (SSSR count). The Morgan fingerprint density at radius 2 is 1.71 bits per heavy atom. The highest BCUT2D eigenvalue weighted by Gasteiger charge is 2.24. The van der Waals surface area contributed by atoms with Crippen LogP contribution < -0.4 is 10.1 Å². The van der Waals surface area contributed by atoms with Gasteiger partial charge in [-0.15, -0.1) is 0 Å². The largest absolute Gasteiger partial charge is 0.483 e. The Morgan fingerprint density at radius 3 is 2.39 bits per heavy atom. The third-order valence-corrected chi connectivity index (χ3v) is 5.36. The summed E-state index contributed by atoms with van der Waals surface area (Å²) in [6.45, 7) is 7.32. The molecule has 28 heavy (non-hydrogen) atoms. The molecule has 2 amide bonds. The number of rotatable bonds is 5. The van der Waals surface area contributed by atoms with Crippen molar-refractivity contribution >= 4 is 11.8 Å². The molecular weight excluding hydrogens is 352 g/mol. The maximum atomic E-state index is 12.6. The monoisotopic (exact) mass is 380 g/mol. The van der Waals surface area contributed by atoms with Crippen LogP contribution in [-0.2, 0) is 4.79 Å². The Kier molecular flexibility index (Phi) is 6.34. The first-order chi connectivity index (χ1) is 13.4. The molecule has 0 saturated carbocycles. The highest BCUT2D eigenvalue weighted by atomic mass is 16.5. The molecule has 1 saturated heterocycles. The minimum atomic E-state index is -0.121. The second-order valence-corrected chi connectivity index (χ2v) is 7.49. The van der Waals surface area contributed by atoms with Gasteiger partial charge in [-0.25, -0.2) is 0 Å². The molecule has 1 fully saturated rings. The molecule has 0 unspecified atom stereocenters. The Bertz CT molecular complexity index is 837. The normalized spacial score (nSPS) is 14.6. The Morgan fingerprint density at radius 1 is 1.04 bits per heavy atom. The Hall–Kier alpha value is -2.82. The minimum absolute atomic E-state index is 0.00675. The quantitative estimate of drug-likeness (QED) is 0.865. The number of aryl methyl sites for hydroxylation is 2. The maximum absolute atomic E-state index is 12.6. The summed E-state index contributed by atoms with van der Waals surface area (Å²) >= 11 is 0. The van der Waals surface area contributed by atoms with Gasteiger partial charge >= 0.3 is 0 Å². The average molecular weight is 380 g/mol. The maximum Gasteiger partial charge on any atom is 0.258 e. The molecule has 0 bridgehead atoms. The number of benzene rings is 2. The molecule has 5 heteroatoms. The van der Waals surface area contributed by atoms with E-state index in [1.807, 2.05) is 68.1 Å². The zero-order chi connectivity index (χ0) is 20.1. The zero-order valence-electron chi connectivity index (χ0n) is 16.8. The smallest absolute Gasteiger partial charge is 0.258 e. The van der Waals surface area contributed by atoms with E-state index in [0.717, 1.165) is 40.8 Å². The van der Waals surface area contributed by atoms with E-state index >= 15 is 0 Å². The van der Waals surface area contributed by atoms with Crippen LogP contribution in [0.2, 0.25) is 0 Å². The van der Waals surface area contributed by atoms with Crippen molar-refractivity contribution in [3.63, 3.8) is 0 Å². The van der Waals surface area contributed by atoms with Crippen LogP contribution in [0.25, 0.3) is 0 Å². The summed E-state index contributed by atoms with van der Waals surface area (Å²) in [6, 6.07) is 13.6. The van der Waals surface area contributed by atoms with Crippen LogP contribution in [0.1, 0.15) is 39.9 Å². The van der Waals surface area contributed by atoms with Crippen molar-refractivity contribution in [3.8, 4) is 5.75 Å². The van der Waals surface area contributed by atoms with Crippen molar-refractivity contribution in [2.45, 2.75) is 39.7 Å². The van der Waals surface area contributed by atoms with Crippen molar-refractivity contribution in [1.29, 1.82) is 0 Å². The lowest BCUT2D eigenvalue weighted by molar-refractivity contribution is -0.124. The van der Waals surface area contributed by atoms with E-state index in [9.17, 15) is 9.59 Å². The molecule has 0 radical (unpaired) electrons. The number of likely N-dealkylation sites (tertiary alicyclic amines) is 1. The van der Waals surface area contributed by atoms with Gasteiger partial charge in [-0.05, 0) is 62.9 Å². The van der Waals surface area contributed by atoms with Gasteiger partial charge in [-0.1, -0.05) is 29.8 Å². The predicted molar refractivity (Wildman–Crippen MR) is 110 cm³/mol. The number of ether oxygens (including phenoxy) is 1. The summed E-state index contributed by atoms with van der Waals surface area (Å²) in [5, 5.41) is 3.03. The van der Waals surface area contributed by atoms with Crippen LogP contribution in [0.4, 0.5) is 0 Å². The number of carbonyl (C=O) groups is 2. The van der Waals surface area contributed by atoms with Gasteiger partial charge in [0.15, 0.2) is 6.61 Å². The zero-order valence-corrected chi connectivity index (χ0v) is 16.8. The Balaban J connectivity index is 1.44. The van der Waals surface area contributed by atoms with Crippen molar-refractivity contribution in [2.24, 2.45) is 0 Å². The number of hydrogen-bond donors (Lipinski definition) is 1. The van der Waals surface area contributed by atoms with E-state index in [2.05, 4.69) is 5.32 Å².